The molecule has 1 aromatic heterocycles. The second-order valence-electron chi connectivity index (χ2n) is 6.60. The van der Waals surface area contributed by atoms with E-state index in [1.165, 1.54) is 18.9 Å². The van der Waals surface area contributed by atoms with Crippen LogP contribution in [0, 0.1) is 11.3 Å². The van der Waals surface area contributed by atoms with E-state index in [4.69, 9.17) is 10.00 Å². The first-order valence-electron chi connectivity index (χ1n) is 9.34. The molecule has 3 rings (SSSR count). The highest BCUT2D eigenvalue weighted by molar-refractivity contribution is 6.04. The van der Waals surface area contributed by atoms with Crippen LogP contribution in [0.15, 0.2) is 59.4 Å². The Balaban J connectivity index is 1.87. The molecule has 0 N–H and O–H groups in total. The molecule has 1 atom stereocenters. The maximum atomic E-state index is 13.0. The van der Waals surface area contributed by atoms with Gasteiger partial charge in [-0.2, -0.15) is 10.4 Å². The third kappa shape index (κ3) is 4.20. The van der Waals surface area contributed by atoms with Crippen LogP contribution in [0.4, 0.5) is 5.69 Å². The van der Waals surface area contributed by atoms with E-state index in [0.29, 0.717) is 16.5 Å². The van der Waals surface area contributed by atoms with E-state index < -0.39 is 18.0 Å². The average molecular weight is 404 g/mol. The average Bonchev–Trinajstić information content (AvgIpc) is 2.77. The van der Waals surface area contributed by atoms with Gasteiger partial charge in [-0.05, 0) is 25.1 Å². The molecule has 0 radical (unpaired) electrons. The number of nitriles is 1. The lowest BCUT2D eigenvalue weighted by atomic mass is 10.1. The van der Waals surface area contributed by atoms with Crippen molar-refractivity contribution in [1.82, 2.24) is 9.78 Å². The van der Waals surface area contributed by atoms with Crippen molar-refractivity contribution in [3.63, 3.8) is 0 Å². The van der Waals surface area contributed by atoms with Gasteiger partial charge in [0.05, 0.1) is 17.9 Å². The Morgan fingerprint density at radius 2 is 1.77 bits per heavy atom. The van der Waals surface area contributed by atoms with Gasteiger partial charge in [0.1, 0.15) is 0 Å². The van der Waals surface area contributed by atoms with Crippen molar-refractivity contribution in [2.45, 2.75) is 19.4 Å². The summed E-state index contributed by atoms with van der Waals surface area (Å²) in [6.45, 7) is 1.63. The predicted molar refractivity (Wildman–Crippen MR) is 111 cm³/mol. The van der Waals surface area contributed by atoms with Gasteiger partial charge < -0.3 is 9.64 Å². The molecule has 8 nitrogen and oxygen atoms in total. The van der Waals surface area contributed by atoms with Gasteiger partial charge in [0, 0.05) is 24.7 Å². The minimum Gasteiger partial charge on any atom is -0.448 e. The zero-order chi connectivity index (χ0) is 21.7. The largest absolute Gasteiger partial charge is 0.448 e. The van der Waals surface area contributed by atoms with Gasteiger partial charge >= 0.3 is 5.97 Å². The summed E-state index contributed by atoms with van der Waals surface area (Å²) in [5, 5.41) is 13.6. The number of anilines is 1. The van der Waals surface area contributed by atoms with E-state index in [9.17, 15) is 14.4 Å². The van der Waals surface area contributed by atoms with Crippen LogP contribution < -0.4 is 10.5 Å². The lowest BCUT2D eigenvalue weighted by molar-refractivity contribution is -0.126. The predicted octanol–water partition coefficient (Wildman–Crippen LogP) is 2.43. The first-order valence-corrected chi connectivity index (χ1v) is 9.34. The molecule has 0 saturated carbocycles. The van der Waals surface area contributed by atoms with Crippen molar-refractivity contribution in [2.75, 3.05) is 11.4 Å². The molecule has 8 heteroatoms. The quantitative estimate of drug-likeness (QED) is 0.584. The topological polar surface area (TPSA) is 105 Å². The zero-order valence-corrected chi connectivity index (χ0v) is 16.6. The lowest BCUT2D eigenvalue weighted by Crippen LogP contribution is -2.41. The first kappa shape index (κ1) is 20.7. The highest BCUT2D eigenvalue weighted by Gasteiger charge is 2.27. The molecule has 0 unspecified atom stereocenters. The smallest absolute Gasteiger partial charge is 0.360 e. The molecule has 0 spiro atoms. The number of esters is 1. The van der Waals surface area contributed by atoms with Crippen molar-refractivity contribution in [3.05, 3.63) is 70.6 Å². The van der Waals surface area contributed by atoms with E-state index in [1.807, 2.05) is 12.1 Å². The highest BCUT2D eigenvalue weighted by Crippen LogP contribution is 2.18. The first-order chi connectivity index (χ1) is 14.4. The summed E-state index contributed by atoms with van der Waals surface area (Å²) in [6.07, 6.45) is -0.983. The fourth-order valence-corrected chi connectivity index (χ4v) is 3.07. The Labute approximate surface area is 172 Å². The SMILES string of the molecule is C[C@H](OC(=O)c1nn(C)c(=O)c2ccccc12)C(=O)N(CCC#N)c1ccccc1. The van der Waals surface area contributed by atoms with Crippen molar-refractivity contribution < 1.29 is 14.3 Å². The zero-order valence-electron chi connectivity index (χ0n) is 16.6. The summed E-state index contributed by atoms with van der Waals surface area (Å²) < 4.78 is 6.46. The highest BCUT2D eigenvalue weighted by atomic mass is 16.5. The summed E-state index contributed by atoms with van der Waals surface area (Å²) in [6, 6.07) is 17.5. The van der Waals surface area contributed by atoms with Gasteiger partial charge in [0.15, 0.2) is 11.8 Å². The van der Waals surface area contributed by atoms with Gasteiger partial charge in [-0.1, -0.05) is 36.4 Å². The maximum Gasteiger partial charge on any atom is 0.360 e. The molecule has 30 heavy (non-hydrogen) atoms. The van der Waals surface area contributed by atoms with Gasteiger partial charge in [0.25, 0.3) is 11.5 Å². The summed E-state index contributed by atoms with van der Waals surface area (Å²) in [5.41, 5.74) is 0.222. The Morgan fingerprint density at radius 3 is 2.43 bits per heavy atom. The fraction of sp³-hybridized carbons (Fsp3) is 0.227. The number of benzene rings is 2. The van der Waals surface area contributed by atoms with Crippen LogP contribution >= 0.6 is 0 Å². The lowest BCUT2D eigenvalue weighted by Gasteiger charge is -2.25. The van der Waals surface area contributed by atoms with Gasteiger partial charge in [0.2, 0.25) is 0 Å². The van der Waals surface area contributed by atoms with Crippen molar-refractivity contribution >= 4 is 28.3 Å². The maximum absolute atomic E-state index is 13.0. The molecule has 2 aromatic carbocycles. The van der Waals surface area contributed by atoms with Crippen molar-refractivity contribution in [1.29, 1.82) is 5.26 Å². The number of amides is 1. The van der Waals surface area contributed by atoms with Crippen molar-refractivity contribution in [2.24, 2.45) is 7.05 Å². The van der Waals surface area contributed by atoms with Crippen LogP contribution in [0.25, 0.3) is 10.8 Å². The number of hydrogen-bond acceptors (Lipinski definition) is 6. The normalized spacial score (nSPS) is 11.5. The number of carbonyl (C=O) groups is 2. The van der Waals surface area contributed by atoms with Crippen LogP contribution in [0.3, 0.4) is 0 Å². The molecule has 152 valence electrons. The third-order valence-electron chi connectivity index (χ3n) is 4.56. The summed E-state index contributed by atoms with van der Waals surface area (Å²) in [4.78, 5) is 39.4. The number of nitrogens with zero attached hydrogens (tertiary/aromatic N) is 4. The van der Waals surface area contributed by atoms with E-state index in [1.54, 1.807) is 48.5 Å². The van der Waals surface area contributed by atoms with Crippen LogP contribution in [-0.4, -0.2) is 34.3 Å². The molecule has 1 heterocycles. The number of rotatable bonds is 6. The number of hydrogen-bond donors (Lipinski definition) is 0. The number of carbonyl (C=O) groups excluding carboxylic acids is 2. The van der Waals surface area contributed by atoms with E-state index >= 15 is 0 Å². The molecule has 0 saturated heterocycles. The van der Waals surface area contributed by atoms with Crippen molar-refractivity contribution in [3.8, 4) is 6.07 Å². The number of para-hydroxylation sites is 1. The monoisotopic (exact) mass is 404 g/mol. The summed E-state index contributed by atoms with van der Waals surface area (Å²) >= 11 is 0. The Morgan fingerprint density at radius 1 is 1.13 bits per heavy atom. The molecule has 0 aliphatic heterocycles. The molecule has 0 aliphatic carbocycles. The van der Waals surface area contributed by atoms with Crippen LogP contribution in [-0.2, 0) is 16.6 Å². The summed E-state index contributed by atoms with van der Waals surface area (Å²) in [7, 11) is 1.44. The van der Waals surface area contributed by atoms with E-state index in [-0.39, 0.29) is 24.2 Å². The molecule has 0 aliphatic rings. The molecule has 0 bridgehead atoms. The van der Waals surface area contributed by atoms with E-state index in [2.05, 4.69) is 5.10 Å². The minimum absolute atomic E-state index is 0.0457. The van der Waals surface area contributed by atoms with E-state index in [0.717, 1.165) is 4.68 Å². The molecular weight excluding hydrogens is 384 g/mol. The number of ether oxygens (including phenoxy) is 1. The molecular formula is C22H20N4O4. The standard InChI is InChI=1S/C22H20N4O4/c1-15(20(27)26(14-8-13-23)16-9-4-3-5-10-16)30-22(29)19-17-11-6-7-12-18(17)21(28)25(2)24-19/h3-7,9-12,15H,8,14H2,1-2H3/t15-/m0/s1. The Hall–Kier alpha value is -3.99. The van der Waals surface area contributed by atoms with Gasteiger partial charge in [-0.3, -0.25) is 9.59 Å². The van der Waals surface area contributed by atoms with Gasteiger partial charge in [-0.25, -0.2) is 9.48 Å². The van der Waals surface area contributed by atoms with Crippen LogP contribution in [0.5, 0.6) is 0 Å². The molecule has 3 aromatic rings. The Kier molecular flexibility index (Phi) is 6.23. The second kappa shape index (κ2) is 9.01. The third-order valence-corrected chi connectivity index (χ3v) is 4.56. The molecule has 1 amide bonds. The van der Waals surface area contributed by atoms with Crippen LogP contribution in [0.1, 0.15) is 23.8 Å². The second-order valence-corrected chi connectivity index (χ2v) is 6.60. The summed E-state index contributed by atoms with van der Waals surface area (Å²) in [5.74, 6) is -1.27. The molecule has 0 fully saturated rings. The van der Waals surface area contributed by atoms with Crippen LogP contribution in [0.2, 0.25) is 0 Å². The minimum atomic E-state index is -1.12. The fourth-order valence-electron chi connectivity index (χ4n) is 3.07. The number of aromatic nitrogens is 2. The number of fused-ring (bicyclic) bond motifs is 1. The number of aryl methyl sites for hydroxylation is 1. The Bertz CT molecular complexity index is 1180. The van der Waals surface area contributed by atoms with Gasteiger partial charge in [-0.15, -0.1) is 0 Å².